The van der Waals surface area contributed by atoms with Crippen LogP contribution in [-0.4, -0.2) is 15.7 Å². The number of benzene rings is 1. The monoisotopic (exact) mass is 327 g/mol. The summed E-state index contributed by atoms with van der Waals surface area (Å²) >= 11 is 1.84. The highest BCUT2D eigenvalue weighted by Crippen LogP contribution is 2.37. The SMILES string of the molecule is CC(C)(C)n1nc2c(c1NC(=O)/C=C/c1ccccc1)CSC2. The maximum absolute atomic E-state index is 12.3. The Hall–Kier alpha value is -2.01. The Morgan fingerprint density at radius 1 is 1.26 bits per heavy atom. The van der Waals surface area contributed by atoms with Gasteiger partial charge in [-0.15, -0.1) is 0 Å². The molecule has 1 amide bonds. The molecule has 2 heterocycles. The zero-order valence-electron chi connectivity index (χ0n) is 13.7. The van der Waals surface area contributed by atoms with E-state index in [1.807, 2.05) is 52.9 Å². The number of nitrogens with zero attached hydrogens (tertiary/aromatic N) is 2. The second kappa shape index (κ2) is 6.24. The van der Waals surface area contributed by atoms with Crippen LogP contribution < -0.4 is 5.32 Å². The van der Waals surface area contributed by atoms with E-state index in [0.29, 0.717) is 0 Å². The Morgan fingerprint density at radius 3 is 2.70 bits per heavy atom. The van der Waals surface area contributed by atoms with E-state index in [4.69, 9.17) is 5.10 Å². The number of carbonyl (C=O) groups excluding carboxylic acids is 1. The molecule has 3 rings (SSSR count). The first-order valence-corrected chi connectivity index (χ1v) is 8.84. The number of hydrogen-bond acceptors (Lipinski definition) is 3. The Kier molecular flexibility index (Phi) is 4.31. The van der Waals surface area contributed by atoms with Crippen LogP contribution in [0.25, 0.3) is 6.08 Å². The lowest BCUT2D eigenvalue weighted by Gasteiger charge is -2.23. The van der Waals surface area contributed by atoms with E-state index in [9.17, 15) is 4.79 Å². The average Bonchev–Trinajstić information content (AvgIpc) is 3.08. The van der Waals surface area contributed by atoms with Crippen molar-refractivity contribution in [1.29, 1.82) is 0 Å². The smallest absolute Gasteiger partial charge is 0.249 e. The number of aromatic nitrogens is 2. The van der Waals surface area contributed by atoms with Crippen molar-refractivity contribution in [3.8, 4) is 0 Å². The predicted octanol–water partition coefficient (Wildman–Crippen LogP) is 4.04. The third-order valence-corrected chi connectivity index (χ3v) is 4.63. The van der Waals surface area contributed by atoms with Gasteiger partial charge < -0.3 is 5.32 Å². The van der Waals surface area contributed by atoms with Crippen molar-refractivity contribution < 1.29 is 4.79 Å². The van der Waals surface area contributed by atoms with Crippen molar-refractivity contribution in [2.24, 2.45) is 0 Å². The third-order valence-electron chi connectivity index (χ3n) is 3.66. The largest absolute Gasteiger partial charge is 0.307 e. The van der Waals surface area contributed by atoms with Crippen molar-refractivity contribution >= 4 is 29.6 Å². The summed E-state index contributed by atoms with van der Waals surface area (Å²) in [5.74, 6) is 2.53. The van der Waals surface area contributed by atoms with E-state index < -0.39 is 0 Å². The first kappa shape index (κ1) is 15.9. The molecule has 120 valence electrons. The van der Waals surface area contributed by atoms with Gasteiger partial charge in [0, 0.05) is 23.1 Å². The second-order valence-electron chi connectivity index (χ2n) is 6.58. The van der Waals surface area contributed by atoms with Crippen LogP contribution in [0.1, 0.15) is 37.6 Å². The minimum atomic E-state index is -0.166. The van der Waals surface area contributed by atoms with Crippen molar-refractivity contribution in [3.63, 3.8) is 0 Å². The lowest BCUT2D eigenvalue weighted by Crippen LogP contribution is -2.26. The first-order chi connectivity index (χ1) is 10.9. The van der Waals surface area contributed by atoms with E-state index >= 15 is 0 Å². The van der Waals surface area contributed by atoms with Gasteiger partial charge >= 0.3 is 0 Å². The molecule has 2 aromatic rings. The minimum Gasteiger partial charge on any atom is -0.307 e. The van der Waals surface area contributed by atoms with E-state index in [2.05, 4.69) is 26.1 Å². The maximum atomic E-state index is 12.3. The lowest BCUT2D eigenvalue weighted by atomic mass is 10.1. The number of anilines is 1. The molecule has 1 aromatic heterocycles. The van der Waals surface area contributed by atoms with Crippen LogP contribution in [0.2, 0.25) is 0 Å². The van der Waals surface area contributed by atoms with Gasteiger partial charge in [-0.3, -0.25) is 4.79 Å². The highest BCUT2D eigenvalue weighted by Gasteiger charge is 2.28. The molecule has 0 aliphatic carbocycles. The van der Waals surface area contributed by atoms with Gasteiger partial charge in [-0.05, 0) is 32.4 Å². The van der Waals surface area contributed by atoms with E-state index in [1.165, 1.54) is 0 Å². The Labute approximate surface area is 141 Å². The number of rotatable bonds is 3. The van der Waals surface area contributed by atoms with E-state index in [-0.39, 0.29) is 11.4 Å². The summed E-state index contributed by atoms with van der Waals surface area (Å²) < 4.78 is 1.94. The molecule has 0 fully saturated rings. The Bertz CT molecular complexity index is 742. The molecule has 1 aliphatic heterocycles. The van der Waals surface area contributed by atoms with Crippen LogP contribution in [0.3, 0.4) is 0 Å². The highest BCUT2D eigenvalue weighted by atomic mass is 32.2. The second-order valence-corrected chi connectivity index (χ2v) is 7.57. The van der Waals surface area contributed by atoms with Gasteiger partial charge in [-0.25, -0.2) is 4.68 Å². The molecular weight excluding hydrogens is 306 g/mol. The molecule has 1 aromatic carbocycles. The summed E-state index contributed by atoms with van der Waals surface area (Å²) in [4.78, 5) is 12.3. The fourth-order valence-electron chi connectivity index (χ4n) is 2.52. The quantitative estimate of drug-likeness (QED) is 0.866. The average molecular weight is 327 g/mol. The summed E-state index contributed by atoms with van der Waals surface area (Å²) in [5.41, 5.74) is 3.09. The molecule has 0 atom stereocenters. The standard InChI is InChI=1S/C18H21N3OS/c1-18(2,3)21-17(14-11-23-12-15(14)20-21)19-16(22)10-9-13-7-5-4-6-8-13/h4-10H,11-12H2,1-3H3,(H,19,22)/b10-9+. The number of carbonyl (C=O) groups is 1. The third kappa shape index (κ3) is 3.50. The summed E-state index contributed by atoms with van der Waals surface area (Å²) in [6, 6.07) is 9.81. The minimum absolute atomic E-state index is 0.126. The van der Waals surface area contributed by atoms with Crippen LogP contribution in [0.15, 0.2) is 36.4 Å². The van der Waals surface area contributed by atoms with Crippen LogP contribution in [0.4, 0.5) is 5.82 Å². The zero-order chi connectivity index (χ0) is 16.4. The van der Waals surface area contributed by atoms with Gasteiger partial charge in [0.15, 0.2) is 0 Å². The predicted molar refractivity (Wildman–Crippen MR) is 96.3 cm³/mol. The van der Waals surface area contributed by atoms with Gasteiger partial charge in [0.2, 0.25) is 5.91 Å². The van der Waals surface area contributed by atoms with Crippen LogP contribution in [0.5, 0.6) is 0 Å². The number of nitrogens with one attached hydrogen (secondary N) is 1. The summed E-state index contributed by atoms with van der Waals surface area (Å²) in [5, 5.41) is 7.72. The van der Waals surface area contributed by atoms with Gasteiger partial charge in [-0.2, -0.15) is 16.9 Å². The highest BCUT2D eigenvalue weighted by molar-refractivity contribution is 7.98. The first-order valence-electron chi connectivity index (χ1n) is 7.68. The van der Waals surface area contributed by atoms with Crippen molar-refractivity contribution in [1.82, 2.24) is 9.78 Å². The van der Waals surface area contributed by atoms with Gasteiger partial charge in [0.1, 0.15) is 5.82 Å². The maximum Gasteiger partial charge on any atom is 0.249 e. The van der Waals surface area contributed by atoms with Gasteiger partial charge in [0.05, 0.1) is 11.2 Å². The number of amides is 1. The number of thioether (sulfide) groups is 1. The molecular formula is C18H21N3OS. The molecule has 0 saturated heterocycles. The Morgan fingerprint density at radius 2 is 2.00 bits per heavy atom. The fraction of sp³-hybridized carbons (Fsp3) is 0.333. The molecule has 5 heteroatoms. The van der Waals surface area contributed by atoms with E-state index in [0.717, 1.165) is 34.1 Å². The molecule has 1 aliphatic rings. The molecule has 23 heavy (non-hydrogen) atoms. The number of hydrogen-bond donors (Lipinski definition) is 1. The van der Waals surface area contributed by atoms with Crippen LogP contribution in [0, 0.1) is 0 Å². The van der Waals surface area contributed by atoms with E-state index in [1.54, 1.807) is 6.08 Å². The summed E-state index contributed by atoms with van der Waals surface area (Å²) in [6.45, 7) is 6.29. The molecule has 0 bridgehead atoms. The van der Waals surface area contributed by atoms with Crippen molar-refractivity contribution in [2.45, 2.75) is 37.8 Å². The fourth-order valence-corrected chi connectivity index (χ4v) is 3.56. The molecule has 0 spiro atoms. The number of fused-ring (bicyclic) bond motifs is 1. The normalized spacial score (nSPS) is 14.2. The molecule has 0 saturated carbocycles. The molecule has 1 N–H and O–H groups in total. The van der Waals surface area contributed by atoms with Crippen LogP contribution in [-0.2, 0) is 21.8 Å². The van der Waals surface area contributed by atoms with Crippen molar-refractivity contribution in [3.05, 3.63) is 53.2 Å². The molecule has 0 radical (unpaired) electrons. The summed E-state index contributed by atoms with van der Waals surface area (Å²) in [6.07, 6.45) is 3.39. The van der Waals surface area contributed by atoms with Crippen molar-refractivity contribution in [2.75, 3.05) is 5.32 Å². The zero-order valence-corrected chi connectivity index (χ0v) is 14.5. The van der Waals surface area contributed by atoms with Gasteiger partial charge in [-0.1, -0.05) is 30.3 Å². The molecule has 0 unspecified atom stereocenters. The summed E-state index contributed by atoms with van der Waals surface area (Å²) in [7, 11) is 0. The van der Waals surface area contributed by atoms with Gasteiger partial charge in [0.25, 0.3) is 0 Å². The lowest BCUT2D eigenvalue weighted by molar-refractivity contribution is -0.111. The Balaban J connectivity index is 1.82. The van der Waals surface area contributed by atoms with Crippen LogP contribution >= 0.6 is 11.8 Å². The molecule has 4 nitrogen and oxygen atoms in total. The topological polar surface area (TPSA) is 46.9 Å².